The molecule has 0 amide bonds. The van der Waals surface area contributed by atoms with E-state index in [-0.39, 0.29) is 18.2 Å². The number of benzene rings is 1. The molecule has 2 aliphatic rings. The number of nitrogens with one attached hydrogen (secondary N) is 1. The summed E-state index contributed by atoms with van der Waals surface area (Å²) >= 11 is 1.34. The molecule has 0 unspecified atom stereocenters. The number of sulfonamides is 1. The SMILES string of the molecule is CS(=O)(=O)N[C@H]1CCN(c2ncns2)[C@H]1CO[C@H]1CC[C@@H](c2ccccc2)CC1. The van der Waals surface area contributed by atoms with E-state index in [2.05, 4.69) is 49.3 Å². The molecule has 4 rings (SSSR count). The molecule has 1 aliphatic carbocycles. The first-order valence-electron chi connectivity index (χ1n) is 10.2. The van der Waals surface area contributed by atoms with Crippen LogP contribution in [0.15, 0.2) is 36.7 Å². The quantitative estimate of drug-likeness (QED) is 0.718. The predicted molar refractivity (Wildman–Crippen MR) is 115 cm³/mol. The fourth-order valence-corrected chi connectivity index (χ4v) is 5.97. The molecule has 1 saturated heterocycles. The molecule has 7 nitrogen and oxygen atoms in total. The molecule has 2 aromatic rings. The van der Waals surface area contributed by atoms with Gasteiger partial charge in [0.1, 0.15) is 6.33 Å². The molecule has 0 spiro atoms. The van der Waals surface area contributed by atoms with Gasteiger partial charge in [-0.25, -0.2) is 18.1 Å². The van der Waals surface area contributed by atoms with Crippen molar-refractivity contribution in [2.45, 2.75) is 56.2 Å². The highest BCUT2D eigenvalue weighted by Gasteiger charge is 2.38. The molecule has 2 atom stereocenters. The summed E-state index contributed by atoms with van der Waals surface area (Å²) in [5.41, 5.74) is 1.42. The summed E-state index contributed by atoms with van der Waals surface area (Å²) < 4.78 is 36.8. The highest BCUT2D eigenvalue weighted by Crippen LogP contribution is 2.34. The summed E-state index contributed by atoms with van der Waals surface area (Å²) in [5, 5.41) is 0.823. The largest absolute Gasteiger partial charge is 0.376 e. The molecule has 1 aromatic heterocycles. The molecule has 0 radical (unpaired) electrons. The lowest BCUT2D eigenvalue weighted by Crippen LogP contribution is -2.48. The Morgan fingerprint density at radius 1 is 1.17 bits per heavy atom. The third kappa shape index (κ3) is 5.33. The van der Waals surface area contributed by atoms with Crippen molar-refractivity contribution in [3.63, 3.8) is 0 Å². The Kier molecular flexibility index (Phi) is 6.48. The van der Waals surface area contributed by atoms with Gasteiger partial charge in [-0.3, -0.25) is 0 Å². The summed E-state index contributed by atoms with van der Waals surface area (Å²) in [6.07, 6.45) is 8.05. The minimum atomic E-state index is -3.28. The Hall–Kier alpha value is -1.55. The molecule has 9 heteroatoms. The maximum Gasteiger partial charge on any atom is 0.209 e. The maximum absolute atomic E-state index is 11.8. The molecule has 1 N–H and O–H groups in total. The zero-order valence-corrected chi connectivity index (χ0v) is 18.2. The first-order chi connectivity index (χ1) is 14.0. The van der Waals surface area contributed by atoms with Crippen LogP contribution in [0, 0.1) is 0 Å². The van der Waals surface area contributed by atoms with Crippen molar-refractivity contribution in [2.24, 2.45) is 0 Å². The minimum absolute atomic E-state index is 0.0653. The van der Waals surface area contributed by atoms with Crippen molar-refractivity contribution in [1.82, 2.24) is 14.1 Å². The van der Waals surface area contributed by atoms with Gasteiger partial charge in [-0.15, -0.1) is 0 Å². The van der Waals surface area contributed by atoms with Crippen molar-refractivity contribution in [3.05, 3.63) is 42.2 Å². The van der Waals surface area contributed by atoms with Gasteiger partial charge in [-0.1, -0.05) is 30.3 Å². The van der Waals surface area contributed by atoms with Gasteiger partial charge in [0.25, 0.3) is 0 Å². The van der Waals surface area contributed by atoms with Crippen LogP contribution in [0.2, 0.25) is 0 Å². The van der Waals surface area contributed by atoms with Crippen molar-refractivity contribution >= 4 is 26.7 Å². The predicted octanol–water partition coefficient (Wildman–Crippen LogP) is 2.78. The smallest absolute Gasteiger partial charge is 0.209 e. The summed E-state index contributed by atoms with van der Waals surface area (Å²) in [6, 6.07) is 10.5. The second-order valence-electron chi connectivity index (χ2n) is 7.99. The van der Waals surface area contributed by atoms with E-state index in [1.54, 1.807) is 6.33 Å². The molecule has 0 bridgehead atoms. The zero-order valence-electron chi connectivity index (χ0n) is 16.6. The third-order valence-corrected chi connectivity index (χ3v) is 7.39. The van der Waals surface area contributed by atoms with Gasteiger partial charge < -0.3 is 9.64 Å². The van der Waals surface area contributed by atoms with Crippen LogP contribution in [-0.2, 0) is 14.8 Å². The third-order valence-electron chi connectivity index (χ3n) is 5.95. The van der Waals surface area contributed by atoms with E-state index in [1.165, 1.54) is 23.4 Å². The molecular weight excluding hydrogens is 408 g/mol. The number of hydrogen-bond acceptors (Lipinski definition) is 7. The molecule has 2 fully saturated rings. The van der Waals surface area contributed by atoms with Crippen LogP contribution in [0.1, 0.15) is 43.6 Å². The Morgan fingerprint density at radius 3 is 2.59 bits per heavy atom. The molecular formula is C20H28N4O3S2. The van der Waals surface area contributed by atoms with E-state index in [0.29, 0.717) is 12.5 Å². The molecule has 1 aliphatic heterocycles. The summed E-state index contributed by atoms with van der Waals surface area (Å²) in [5.74, 6) is 0.611. The fourth-order valence-electron chi connectivity index (χ4n) is 4.53. The highest BCUT2D eigenvalue weighted by atomic mass is 32.2. The van der Waals surface area contributed by atoms with Gasteiger partial charge in [0.2, 0.25) is 15.2 Å². The van der Waals surface area contributed by atoms with Crippen molar-refractivity contribution < 1.29 is 13.2 Å². The van der Waals surface area contributed by atoms with Crippen LogP contribution in [0.4, 0.5) is 5.13 Å². The van der Waals surface area contributed by atoms with Gasteiger partial charge in [0.05, 0.1) is 25.0 Å². The van der Waals surface area contributed by atoms with Gasteiger partial charge in [-0.2, -0.15) is 4.37 Å². The molecule has 2 heterocycles. The van der Waals surface area contributed by atoms with Crippen LogP contribution < -0.4 is 9.62 Å². The average molecular weight is 437 g/mol. The summed E-state index contributed by atoms with van der Waals surface area (Å²) in [4.78, 5) is 6.45. The van der Waals surface area contributed by atoms with E-state index in [9.17, 15) is 8.42 Å². The topological polar surface area (TPSA) is 84.4 Å². The van der Waals surface area contributed by atoms with E-state index < -0.39 is 10.0 Å². The first kappa shape index (κ1) is 20.7. The van der Waals surface area contributed by atoms with Crippen LogP contribution in [0.5, 0.6) is 0 Å². The van der Waals surface area contributed by atoms with Gasteiger partial charge in [-0.05, 0) is 43.6 Å². The van der Waals surface area contributed by atoms with Crippen molar-refractivity contribution in [2.75, 3.05) is 24.3 Å². The maximum atomic E-state index is 11.8. The van der Waals surface area contributed by atoms with Crippen LogP contribution in [0.3, 0.4) is 0 Å². The lowest BCUT2D eigenvalue weighted by molar-refractivity contribution is 0.0157. The second kappa shape index (κ2) is 9.07. The second-order valence-corrected chi connectivity index (χ2v) is 10.5. The number of aromatic nitrogens is 2. The highest BCUT2D eigenvalue weighted by molar-refractivity contribution is 7.88. The average Bonchev–Trinajstić information content (AvgIpc) is 3.36. The molecule has 1 saturated carbocycles. The lowest BCUT2D eigenvalue weighted by atomic mass is 9.83. The number of anilines is 1. The molecule has 158 valence electrons. The van der Waals surface area contributed by atoms with Gasteiger partial charge >= 0.3 is 0 Å². The minimum Gasteiger partial charge on any atom is -0.376 e. The number of rotatable bonds is 7. The Morgan fingerprint density at radius 2 is 1.93 bits per heavy atom. The van der Waals surface area contributed by atoms with Crippen molar-refractivity contribution in [3.8, 4) is 0 Å². The van der Waals surface area contributed by atoms with Gasteiger partial charge in [0, 0.05) is 24.1 Å². The van der Waals surface area contributed by atoms with Crippen LogP contribution >= 0.6 is 11.5 Å². The Labute approximate surface area is 176 Å². The van der Waals surface area contributed by atoms with Crippen molar-refractivity contribution in [1.29, 1.82) is 0 Å². The van der Waals surface area contributed by atoms with E-state index >= 15 is 0 Å². The number of hydrogen-bond donors (Lipinski definition) is 1. The van der Waals surface area contributed by atoms with Crippen LogP contribution in [0.25, 0.3) is 0 Å². The molecule has 1 aromatic carbocycles. The lowest BCUT2D eigenvalue weighted by Gasteiger charge is -2.32. The van der Waals surface area contributed by atoms with E-state index in [1.807, 2.05) is 0 Å². The Balaban J connectivity index is 1.36. The number of nitrogens with zero attached hydrogens (tertiary/aromatic N) is 3. The van der Waals surface area contributed by atoms with E-state index in [0.717, 1.165) is 43.8 Å². The molecule has 29 heavy (non-hydrogen) atoms. The van der Waals surface area contributed by atoms with E-state index in [4.69, 9.17) is 4.74 Å². The normalized spacial score (nSPS) is 28.0. The Bertz CT molecular complexity index is 868. The fraction of sp³-hybridized carbons (Fsp3) is 0.600. The zero-order chi connectivity index (χ0) is 20.3. The standard InChI is InChI=1S/C20H28N4O3S2/c1-29(25,26)23-18-11-12-24(20-21-14-22-28-20)19(18)13-27-17-9-7-16(8-10-17)15-5-3-2-4-6-15/h2-6,14,16-19,23H,7-13H2,1H3/t16-,17+,18-,19-/m0/s1. The van der Waals surface area contributed by atoms with Gasteiger partial charge in [0.15, 0.2) is 0 Å². The monoisotopic (exact) mass is 436 g/mol. The summed E-state index contributed by atoms with van der Waals surface area (Å²) in [7, 11) is -3.28. The first-order valence-corrected chi connectivity index (χ1v) is 12.8. The number of ether oxygens (including phenoxy) is 1. The van der Waals surface area contributed by atoms with Crippen LogP contribution in [-0.4, -0.2) is 55.4 Å². The summed E-state index contributed by atoms with van der Waals surface area (Å²) in [6.45, 7) is 1.24.